The third-order valence-corrected chi connectivity index (χ3v) is 8.79. The van der Waals surface area contributed by atoms with Gasteiger partial charge in [0.05, 0.1) is 0 Å². The third-order valence-electron chi connectivity index (χ3n) is 6.12. The molecule has 0 amide bonds. The number of unbranched alkanes of at least 4 members (excludes halogenated alkanes) is 3. The van der Waals surface area contributed by atoms with Crippen LogP contribution in [0.4, 0.5) is 0 Å². The first-order valence-corrected chi connectivity index (χ1v) is 14.4. The first-order valence-electron chi connectivity index (χ1n) is 12.8. The highest BCUT2D eigenvalue weighted by atomic mass is 28.3. The second-order valence-corrected chi connectivity index (χ2v) is 11.0. The molecule has 0 aliphatic carbocycles. The molecule has 1 N–H and O–H groups in total. The normalized spacial score (nSPS) is 12.3. The molecule has 0 aliphatic heterocycles. The molecule has 0 bridgehead atoms. The van der Waals surface area contributed by atoms with Gasteiger partial charge in [0.2, 0.25) is 9.04 Å². The van der Waals surface area contributed by atoms with Crippen LogP contribution >= 0.6 is 0 Å². The molecule has 0 heterocycles. The number of hydrogen-bond donors (Lipinski definition) is 1. The van der Waals surface area contributed by atoms with Crippen molar-refractivity contribution in [1.82, 2.24) is 5.32 Å². The van der Waals surface area contributed by atoms with Gasteiger partial charge < -0.3 is 9.74 Å². The van der Waals surface area contributed by atoms with Gasteiger partial charge in [0, 0.05) is 13.2 Å². The van der Waals surface area contributed by atoms with Crippen molar-refractivity contribution in [3.05, 3.63) is 59.2 Å². The molecule has 2 aromatic rings. The average Bonchev–Trinajstić information content (AvgIpc) is 2.81. The molecule has 0 fully saturated rings. The molecule has 1 unspecified atom stereocenters. The van der Waals surface area contributed by atoms with Crippen molar-refractivity contribution >= 4 is 19.4 Å². The molecule has 2 rings (SSSR count). The third kappa shape index (κ3) is 8.21. The van der Waals surface area contributed by atoms with Crippen molar-refractivity contribution in [2.45, 2.75) is 85.5 Å². The van der Waals surface area contributed by atoms with E-state index in [1.54, 1.807) is 16.7 Å². The van der Waals surface area contributed by atoms with Crippen LogP contribution in [0.2, 0.25) is 0 Å². The van der Waals surface area contributed by atoms with E-state index < -0.39 is 9.04 Å². The van der Waals surface area contributed by atoms with Crippen LogP contribution in [-0.4, -0.2) is 28.7 Å². The van der Waals surface area contributed by atoms with Gasteiger partial charge in [-0.05, 0) is 72.1 Å². The van der Waals surface area contributed by atoms with Crippen LogP contribution in [0.25, 0.3) is 0 Å². The predicted molar refractivity (Wildman–Crippen MR) is 140 cm³/mol. The standard InChI is InChI=1S/C28H45NOSi/c1-5-9-15-24-20-21-28(27(19-11-7-3)26(24)18-10-6-2)31(30-23-22-29-8-4)25-16-13-12-14-17-25/h12-14,16-17,20-21,29,31H,5-11,15,18-19,22-23H2,1-4H3. The molecular weight excluding hydrogens is 394 g/mol. The molecule has 0 radical (unpaired) electrons. The summed E-state index contributed by atoms with van der Waals surface area (Å²) in [6.45, 7) is 11.8. The smallest absolute Gasteiger partial charge is 0.240 e. The zero-order valence-electron chi connectivity index (χ0n) is 20.5. The first-order chi connectivity index (χ1) is 15.3. The summed E-state index contributed by atoms with van der Waals surface area (Å²) >= 11 is 0. The van der Waals surface area contributed by atoms with Gasteiger partial charge in [0.25, 0.3) is 0 Å². The van der Waals surface area contributed by atoms with E-state index in [4.69, 9.17) is 4.43 Å². The van der Waals surface area contributed by atoms with Crippen LogP contribution < -0.4 is 15.7 Å². The molecule has 1 atom stereocenters. The molecule has 2 aromatic carbocycles. The van der Waals surface area contributed by atoms with Crippen LogP contribution in [0.15, 0.2) is 42.5 Å². The SMILES string of the molecule is CCCCc1ccc([SiH](OCCNCC)c2ccccc2)c(CCCC)c1CCCC. The largest absolute Gasteiger partial charge is 0.410 e. The fourth-order valence-corrected chi connectivity index (χ4v) is 6.90. The van der Waals surface area contributed by atoms with E-state index in [-0.39, 0.29) is 0 Å². The van der Waals surface area contributed by atoms with Crippen molar-refractivity contribution in [2.75, 3.05) is 19.7 Å². The summed E-state index contributed by atoms with van der Waals surface area (Å²) in [5, 5.41) is 6.36. The van der Waals surface area contributed by atoms with Gasteiger partial charge >= 0.3 is 0 Å². The van der Waals surface area contributed by atoms with Gasteiger partial charge in [0.15, 0.2) is 0 Å². The average molecular weight is 440 g/mol. The topological polar surface area (TPSA) is 21.3 Å². The summed E-state index contributed by atoms with van der Waals surface area (Å²) in [7, 11) is -1.72. The highest BCUT2D eigenvalue weighted by molar-refractivity contribution is 6.80. The van der Waals surface area contributed by atoms with Crippen molar-refractivity contribution < 1.29 is 4.43 Å². The maximum atomic E-state index is 6.69. The molecule has 31 heavy (non-hydrogen) atoms. The second kappa shape index (κ2) is 15.4. The molecule has 2 nitrogen and oxygen atoms in total. The monoisotopic (exact) mass is 439 g/mol. The Morgan fingerprint density at radius 3 is 2.03 bits per heavy atom. The zero-order valence-corrected chi connectivity index (χ0v) is 21.7. The van der Waals surface area contributed by atoms with Gasteiger partial charge in [-0.15, -0.1) is 0 Å². The molecule has 0 saturated carbocycles. The van der Waals surface area contributed by atoms with Gasteiger partial charge in [0.1, 0.15) is 0 Å². The molecular formula is C28H45NOSi. The number of hydrogen-bond acceptors (Lipinski definition) is 2. The quantitative estimate of drug-likeness (QED) is 0.287. The minimum absolute atomic E-state index is 0.786. The number of likely N-dealkylation sites (N-methyl/N-ethyl adjacent to an activating group) is 1. The lowest BCUT2D eigenvalue weighted by atomic mass is 9.91. The van der Waals surface area contributed by atoms with E-state index in [1.807, 2.05) is 0 Å². The van der Waals surface area contributed by atoms with Crippen molar-refractivity contribution in [3.63, 3.8) is 0 Å². The van der Waals surface area contributed by atoms with Crippen LogP contribution in [0, 0.1) is 0 Å². The van der Waals surface area contributed by atoms with E-state index in [2.05, 4.69) is 75.5 Å². The molecule has 3 heteroatoms. The van der Waals surface area contributed by atoms with Crippen molar-refractivity contribution in [3.8, 4) is 0 Å². The Hall–Kier alpha value is -1.42. The summed E-state index contributed by atoms with van der Waals surface area (Å²) in [5.41, 5.74) is 4.89. The Labute approximate surface area is 193 Å². The summed E-state index contributed by atoms with van der Waals surface area (Å²) in [6.07, 6.45) is 11.2. The molecule has 0 aromatic heterocycles. The number of nitrogens with one attached hydrogen (secondary N) is 1. The van der Waals surface area contributed by atoms with E-state index >= 15 is 0 Å². The second-order valence-electron chi connectivity index (χ2n) is 8.60. The predicted octanol–water partition coefficient (Wildman–Crippen LogP) is 5.18. The highest BCUT2D eigenvalue weighted by Crippen LogP contribution is 2.21. The van der Waals surface area contributed by atoms with Gasteiger partial charge in [-0.25, -0.2) is 0 Å². The van der Waals surface area contributed by atoms with E-state index in [9.17, 15) is 0 Å². The van der Waals surface area contributed by atoms with Crippen LogP contribution in [-0.2, 0) is 23.7 Å². The lowest BCUT2D eigenvalue weighted by Crippen LogP contribution is -2.48. The highest BCUT2D eigenvalue weighted by Gasteiger charge is 2.23. The van der Waals surface area contributed by atoms with E-state index in [0.29, 0.717) is 0 Å². The van der Waals surface area contributed by atoms with E-state index in [0.717, 1.165) is 19.7 Å². The molecule has 0 aliphatic rings. The van der Waals surface area contributed by atoms with Gasteiger partial charge in [-0.3, -0.25) is 0 Å². The maximum Gasteiger partial charge on any atom is 0.240 e. The Bertz CT molecular complexity index is 731. The lowest BCUT2D eigenvalue weighted by Gasteiger charge is -2.25. The summed E-state index contributed by atoms with van der Waals surface area (Å²) in [4.78, 5) is 0. The first kappa shape index (κ1) is 25.8. The van der Waals surface area contributed by atoms with Gasteiger partial charge in [-0.2, -0.15) is 0 Å². The fourth-order valence-electron chi connectivity index (χ4n) is 4.34. The number of benzene rings is 2. The van der Waals surface area contributed by atoms with Crippen LogP contribution in [0.5, 0.6) is 0 Å². The molecule has 0 saturated heterocycles. The fraction of sp³-hybridized carbons (Fsp3) is 0.571. The molecule has 0 spiro atoms. The minimum atomic E-state index is -1.72. The number of aryl methyl sites for hydroxylation is 1. The summed E-state index contributed by atoms with van der Waals surface area (Å²) in [6, 6.07) is 15.9. The molecule has 172 valence electrons. The van der Waals surface area contributed by atoms with Gasteiger partial charge in [-0.1, -0.05) is 89.4 Å². The zero-order chi connectivity index (χ0) is 22.3. The summed E-state index contributed by atoms with van der Waals surface area (Å²) in [5.74, 6) is 0. The Morgan fingerprint density at radius 1 is 0.742 bits per heavy atom. The Morgan fingerprint density at radius 2 is 1.39 bits per heavy atom. The minimum Gasteiger partial charge on any atom is -0.410 e. The van der Waals surface area contributed by atoms with E-state index in [1.165, 1.54) is 68.2 Å². The van der Waals surface area contributed by atoms with Crippen LogP contribution in [0.1, 0.15) is 82.9 Å². The summed E-state index contributed by atoms with van der Waals surface area (Å²) < 4.78 is 6.69. The Balaban J connectivity index is 2.50. The Kier molecular flexibility index (Phi) is 12.8. The lowest BCUT2D eigenvalue weighted by molar-refractivity contribution is 0.330. The number of rotatable bonds is 16. The van der Waals surface area contributed by atoms with Crippen molar-refractivity contribution in [2.24, 2.45) is 0 Å². The maximum absolute atomic E-state index is 6.69. The van der Waals surface area contributed by atoms with Crippen LogP contribution in [0.3, 0.4) is 0 Å². The van der Waals surface area contributed by atoms with Crippen molar-refractivity contribution in [1.29, 1.82) is 0 Å².